The molecule has 0 amide bonds. The van der Waals surface area contributed by atoms with Gasteiger partial charge in [0.05, 0.1) is 6.21 Å². The average molecular weight is 304 g/mol. The lowest BCUT2D eigenvalue weighted by atomic mass is 10.1. The molecule has 1 heterocycles. The zero-order valence-electron chi connectivity index (χ0n) is 12.9. The molecular weight excluding hydrogens is 288 g/mol. The Morgan fingerprint density at radius 2 is 2.00 bits per heavy atom. The number of hydrogen-bond donors (Lipinski definition) is 1. The number of aromatic nitrogens is 1. The molecule has 0 aliphatic rings. The Labute approximate surface area is 134 Å². The minimum Gasteiger partial charge on any atom is -0.422 e. The molecule has 114 valence electrons. The van der Waals surface area contributed by atoms with Gasteiger partial charge in [-0.1, -0.05) is 56.3 Å². The number of nitrogens with one attached hydrogen (secondary N) is 1. The second kappa shape index (κ2) is 6.32. The van der Waals surface area contributed by atoms with Gasteiger partial charge in [0.2, 0.25) is 11.6 Å². The van der Waals surface area contributed by atoms with Crippen molar-refractivity contribution in [1.82, 2.24) is 4.98 Å². The molecule has 0 fully saturated rings. The molecule has 0 bridgehead atoms. The van der Waals surface area contributed by atoms with Crippen LogP contribution in [0.5, 0.6) is 0 Å². The van der Waals surface area contributed by atoms with Gasteiger partial charge in [-0.3, -0.25) is 0 Å². The van der Waals surface area contributed by atoms with Crippen LogP contribution in [0.2, 0.25) is 0 Å². The molecule has 5 nitrogen and oxygen atoms in total. The predicted octanol–water partition coefficient (Wildman–Crippen LogP) is 4.27. The molecule has 0 unspecified atom stereocenters. The van der Waals surface area contributed by atoms with Gasteiger partial charge in [-0.05, 0) is 10.8 Å². The molecule has 5 heteroatoms. The third-order valence-corrected chi connectivity index (χ3v) is 3.44. The fraction of sp³-hybridized carbons (Fsp3) is 0.167. The van der Waals surface area contributed by atoms with Crippen molar-refractivity contribution in [2.45, 2.75) is 19.8 Å². The summed E-state index contributed by atoms with van der Waals surface area (Å²) >= 11 is 0. The van der Waals surface area contributed by atoms with Crippen LogP contribution < -0.4 is 5.43 Å². The molecule has 3 rings (SSSR count). The summed E-state index contributed by atoms with van der Waals surface area (Å²) in [6, 6.07) is 16.1. The Morgan fingerprint density at radius 3 is 2.78 bits per heavy atom. The summed E-state index contributed by atoms with van der Waals surface area (Å²) < 4.78 is 5.53. The maximum Gasteiger partial charge on any atom is 0.252 e. The molecule has 0 aliphatic heterocycles. The van der Waals surface area contributed by atoms with Crippen LogP contribution in [0.1, 0.15) is 36.9 Å². The molecule has 0 saturated heterocycles. The van der Waals surface area contributed by atoms with Gasteiger partial charge in [0.25, 0.3) is 5.88 Å². The maximum atomic E-state index is 9.11. The third-order valence-electron chi connectivity index (χ3n) is 3.44. The van der Waals surface area contributed by atoms with Crippen molar-refractivity contribution in [2.24, 2.45) is 5.10 Å². The van der Waals surface area contributed by atoms with Crippen LogP contribution in [-0.4, -0.2) is 11.2 Å². The van der Waals surface area contributed by atoms with E-state index in [0.29, 0.717) is 5.89 Å². The summed E-state index contributed by atoms with van der Waals surface area (Å²) in [6.07, 6.45) is 1.71. The van der Waals surface area contributed by atoms with E-state index in [1.54, 1.807) is 6.21 Å². The Morgan fingerprint density at radius 1 is 1.22 bits per heavy atom. The van der Waals surface area contributed by atoms with Crippen molar-refractivity contribution in [3.05, 3.63) is 59.6 Å². The average Bonchev–Trinajstić information content (AvgIpc) is 2.99. The lowest BCUT2D eigenvalue weighted by Gasteiger charge is -2.01. The number of rotatable bonds is 4. The van der Waals surface area contributed by atoms with Gasteiger partial charge in [-0.15, -0.1) is 0 Å². The summed E-state index contributed by atoms with van der Waals surface area (Å²) in [6.45, 7) is 3.91. The highest BCUT2D eigenvalue weighted by Gasteiger charge is 2.14. The molecule has 0 atom stereocenters. The van der Waals surface area contributed by atoms with Gasteiger partial charge in [0, 0.05) is 11.5 Å². The Bertz CT molecular complexity index is 898. The Balaban J connectivity index is 1.85. The monoisotopic (exact) mass is 304 g/mol. The number of hydrazone groups is 1. The zero-order chi connectivity index (χ0) is 16.2. The van der Waals surface area contributed by atoms with Crippen molar-refractivity contribution in [1.29, 1.82) is 5.26 Å². The van der Waals surface area contributed by atoms with Crippen molar-refractivity contribution < 1.29 is 4.42 Å². The minimum absolute atomic E-state index is 0.111. The van der Waals surface area contributed by atoms with E-state index in [1.807, 2.05) is 50.2 Å². The van der Waals surface area contributed by atoms with Gasteiger partial charge in [-0.2, -0.15) is 10.4 Å². The van der Waals surface area contributed by atoms with Crippen LogP contribution >= 0.6 is 0 Å². The largest absolute Gasteiger partial charge is 0.422 e. The standard InChI is InChI=1S/C18H16N4O/c1-12(2)17-21-16(10-19)18(23-17)22-20-11-14-8-5-7-13-6-3-4-9-15(13)14/h3-9,11-12,22H,1-2H3. The topological polar surface area (TPSA) is 74.2 Å². The van der Waals surface area contributed by atoms with E-state index in [4.69, 9.17) is 9.68 Å². The van der Waals surface area contributed by atoms with Crippen LogP contribution in [0.3, 0.4) is 0 Å². The molecule has 0 saturated carbocycles. The van der Waals surface area contributed by atoms with Gasteiger partial charge in [0.15, 0.2) is 0 Å². The number of nitrogens with zero attached hydrogens (tertiary/aromatic N) is 3. The third kappa shape index (κ3) is 3.06. The maximum absolute atomic E-state index is 9.11. The van der Waals surface area contributed by atoms with Crippen LogP contribution in [0, 0.1) is 11.3 Å². The van der Waals surface area contributed by atoms with E-state index in [0.717, 1.165) is 16.3 Å². The van der Waals surface area contributed by atoms with E-state index in [9.17, 15) is 0 Å². The number of nitriles is 1. The van der Waals surface area contributed by atoms with Crippen LogP contribution in [0.15, 0.2) is 52.0 Å². The highest BCUT2D eigenvalue weighted by Crippen LogP contribution is 2.22. The van der Waals surface area contributed by atoms with Crippen LogP contribution in [0.4, 0.5) is 5.88 Å². The summed E-state index contributed by atoms with van der Waals surface area (Å²) in [7, 11) is 0. The normalized spacial score (nSPS) is 11.2. The number of fused-ring (bicyclic) bond motifs is 1. The first kappa shape index (κ1) is 14.8. The first-order chi connectivity index (χ1) is 11.2. The van der Waals surface area contributed by atoms with Crippen molar-refractivity contribution >= 4 is 22.9 Å². The molecule has 1 N–H and O–H groups in total. The first-order valence-electron chi connectivity index (χ1n) is 7.36. The van der Waals surface area contributed by atoms with Crippen molar-refractivity contribution in [2.75, 3.05) is 5.43 Å². The second-order valence-electron chi connectivity index (χ2n) is 5.43. The Hall–Kier alpha value is -3.13. The minimum atomic E-state index is 0.111. The summed E-state index contributed by atoms with van der Waals surface area (Å²) in [4.78, 5) is 4.14. The molecule has 0 aliphatic carbocycles. The fourth-order valence-electron chi connectivity index (χ4n) is 2.26. The van der Waals surface area contributed by atoms with E-state index in [-0.39, 0.29) is 17.5 Å². The molecule has 2 aromatic carbocycles. The molecule has 0 spiro atoms. The van der Waals surface area contributed by atoms with Gasteiger partial charge >= 0.3 is 0 Å². The molecule has 3 aromatic rings. The molecule has 0 radical (unpaired) electrons. The number of oxazole rings is 1. The predicted molar refractivity (Wildman–Crippen MR) is 90.5 cm³/mol. The van der Waals surface area contributed by atoms with Crippen molar-refractivity contribution in [3.63, 3.8) is 0 Å². The van der Waals surface area contributed by atoms with Gasteiger partial charge in [-0.25, -0.2) is 10.4 Å². The highest BCUT2D eigenvalue weighted by molar-refractivity contribution is 5.99. The van der Waals surface area contributed by atoms with Gasteiger partial charge < -0.3 is 4.42 Å². The van der Waals surface area contributed by atoms with Crippen molar-refractivity contribution in [3.8, 4) is 6.07 Å². The van der Waals surface area contributed by atoms with E-state index >= 15 is 0 Å². The number of anilines is 1. The number of hydrogen-bond acceptors (Lipinski definition) is 5. The quantitative estimate of drug-likeness (QED) is 0.577. The van der Waals surface area contributed by atoms with Crippen LogP contribution in [0.25, 0.3) is 10.8 Å². The summed E-state index contributed by atoms with van der Waals surface area (Å²) in [5.41, 5.74) is 3.97. The molecular formula is C18H16N4O. The highest BCUT2D eigenvalue weighted by atomic mass is 16.4. The molecule has 23 heavy (non-hydrogen) atoms. The zero-order valence-corrected chi connectivity index (χ0v) is 12.9. The summed E-state index contributed by atoms with van der Waals surface area (Å²) in [5.74, 6) is 0.900. The van der Waals surface area contributed by atoms with E-state index in [2.05, 4.69) is 27.6 Å². The molecule has 1 aromatic heterocycles. The van der Waals surface area contributed by atoms with E-state index in [1.165, 1.54) is 0 Å². The number of benzene rings is 2. The lowest BCUT2D eigenvalue weighted by Crippen LogP contribution is -1.92. The second-order valence-corrected chi connectivity index (χ2v) is 5.43. The fourth-order valence-corrected chi connectivity index (χ4v) is 2.26. The Kier molecular flexibility index (Phi) is 4.07. The van der Waals surface area contributed by atoms with Crippen LogP contribution in [-0.2, 0) is 0 Å². The van der Waals surface area contributed by atoms with E-state index < -0.39 is 0 Å². The first-order valence-corrected chi connectivity index (χ1v) is 7.36. The summed E-state index contributed by atoms with van der Waals surface area (Å²) in [5, 5.41) is 15.6. The van der Waals surface area contributed by atoms with Gasteiger partial charge in [0.1, 0.15) is 6.07 Å². The SMILES string of the molecule is CC(C)c1nc(C#N)c(NN=Cc2cccc3ccccc23)o1. The smallest absolute Gasteiger partial charge is 0.252 e. The lowest BCUT2D eigenvalue weighted by molar-refractivity contribution is 0.481.